The van der Waals surface area contributed by atoms with Crippen LogP contribution >= 0.6 is 11.3 Å². The van der Waals surface area contributed by atoms with Gasteiger partial charge in [-0.3, -0.25) is 0 Å². The van der Waals surface area contributed by atoms with Crippen LogP contribution in [-0.2, 0) is 21.7 Å². The molecule has 12 aromatic rings. The third kappa shape index (κ3) is 5.55. The van der Waals surface area contributed by atoms with Gasteiger partial charge in [0.15, 0.2) is 0 Å². The van der Waals surface area contributed by atoms with E-state index in [1.54, 1.807) is 0 Å². The summed E-state index contributed by atoms with van der Waals surface area (Å²) >= 11 is 1.92. The minimum atomic E-state index is -0.558. The summed E-state index contributed by atoms with van der Waals surface area (Å²) < 4.78 is 2.58. The van der Waals surface area contributed by atoms with E-state index in [0.717, 1.165) is 5.69 Å². The van der Waals surface area contributed by atoms with Crippen molar-refractivity contribution in [2.24, 2.45) is 0 Å². The quantitative estimate of drug-likeness (QED) is 0.171. The van der Waals surface area contributed by atoms with Crippen LogP contribution in [-0.4, -0.2) is 0 Å². The topological polar surface area (TPSA) is 3.24 Å². The first kappa shape index (κ1) is 44.0. The van der Waals surface area contributed by atoms with Crippen LogP contribution < -0.4 is 4.90 Å². The normalized spacial score (nSPS) is 14.7. The largest absolute Gasteiger partial charge is 0.308 e. The maximum Gasteiger partial charge on any atom is 0.0726 e. The molecule has 76 heavy (non-hydrogen) atoms. The zero-order valence-corrected chi connectivity index (χ0v) is 44.5. The van der Waals surface area contributed by atoms with Gasteiger partial charge in [0.1, 0.15) is 0 Å². The highest BCUT2D eigenvalue weighted by atomic mass is 32.1. The molecule has 0 saturated heterocycles. The predicted octanol–water partition coefficient (Wildman–Crippen LogP) is 20.0. The number of fused-ring (bicyclic) bond motifs is 25. The van der Waals surface area contributed by atoms with Crippen LogP contribution in [0.15, 0.2) is 224 Å². The summed E-state index contributed by atoms with van der Waals surface area (Å²) in [5, 5.41) is 5.13. The van der Waals surface area contributed by atoms with Crippen LogP contribution in [0, 0.1) is 0 Å². The van der Waals surface area contributed by atoms with E-state index >= 15 is 0 Å². The van der Waals surface area contributed by atoms with Gasteiger partial charge in [0, 0.05) is 26.7 Å². The van der Waals surface area contributed by atoms with Crippen LogP contribution in [0.25, 0.3) is 75.5 Å². The fourth-order valence-electron chi connectivity index (χ4n) is 14.7. The molecule has 0 radical (unpaired) electrons. The van der Waals surface area contributed by atoms with Gasteiger partial charge in [0.25, 0.3) is 0 Å². The Morgan fingerprint density at radius 3 is 1.38 bits per heavy atom. The van der Waals surface area contributed by atoms with E-state index in [9.17, 15) is 0 Å². The Kier molecular flexibility index (Phi) is 8.80. The molecule has 0 aliphatic heterocycles. The van der Waals surface area contributed by atoms with Gasteiger partial charge >= 0.3 is 0 Å². The van der Waals surface area contributed by atoms with Crippen molar-refractivity contribution in [1.82, 2.24) is 0 Å². The molecule has 0 unspecified atom stereocenters. The highest BCUT2D eigenvalue weighted by Gasteiger charge is 2.54. The van der Waals surface area contributed by atoms with Crippen LogP contribution in [0.4, 0.5) is 17.1 Å². The third-order valence-corrected chi connectivity index (χ3v) is 19.2. The number of hydrogen-bond donors (Lipinski definition) is 0. The van der Waals surface area contributed by atoms with Crippen molar-refractivity contribution in [2.75, 3.05) is 4.90 Å². The van der Waals surface area contributed by atoms with Crippen molar-refractivity contribution in [3.05, 3.63) is 280 Å². The average molecular weight is 990 g/mol. The Hall–Kier alpha value is -8.30. The van der Waals surface area contributed by atoms with Crippen molar-refractivity contribution < 1.29 is 0 Å². The molecule has 362 valence electrons. The van der Waals surface area contributed by atoms with E-state index in [1.807, 2.05) is 11.3 Å². The zero-order valence-electron chi connectivity index (χ0n) is 43.7. The number of thiophene rings is 1. The van der Waals surface area contributed by atoms with Crippen molar-refractivity contribution in [2.45, 2.75) is 63.2 Å². The van der Waals surface area contributed by atoms with E-state index in [4.69, 9.17) is 0 Å². The molecule has 2 spiro atoms. The second kappa shape index (κ2) is 15.2. The molecule has 0 saturated carbocycles. The Morgan fingerprint density at radius 1 is 0.342 bits per heavy atom. The molecule has 1 nitrogen and oxygen atoms in total. The van der Waals surface area contributed by atoms with Crippen molar-refractivity contribution in [1.29, 1.82) is 0 Å². The molecule has 0 atom stereocenters. The Balaban J connectivity index is 1.05. The maximum absolute atomic E-state index is 2.68. The smallest absolute Gasteiger partial charge is 0.0726 e. The summed E-state index contributed by atoms with van der Waals surface area (Å²) in [7, 11) is 0. The average Bonchev–Trinajstić information content (AvgIpc) is 4.27. The van der Waals surface area contributed by atoms with Gasteiger partial charge in [-0.25, -0.2) is 0 Å². The van der Waals surface area contributed by atoms with E-state index in [2.05, 4.69) is 271 Å². The highest BCUT2D eigenvalue weighted by Crippen LogP contribution is 2.67. The van der Waals surface area contributed by atoms with E-state index in [-0.39, 0.29) is 10.8 Å². The standard InChI is InChI=1S/C74H55NS/c1-71(2,3)45-34-37-52-53-38-35-46(72(4,5)6)42-63(53)74(62(52)41-45)60-30-17-12-25-55(60)69-61(74)31-19-32-65(69)75(66-40-44-20-7-8-21-48(44)68-56-26-13-18-33-67(56)76-70(66)68)47-36-39-54-51-24-11-16-29-59(51)73(64(54)43-47)57-27-14-9-22-49(57)50-23-10-15-28-58(50)73/h7-43H,1-6H3. The highest BCUT2D eigenvalue weighted by molar-refractivity contribution is 7.26. The second-order valence-corrected chi connectivity index (χ2v) is 24.9. The summed E-state index contributed by atoms with van der Waals surface area (Å²) in [6, 6.07) is 87.0. The molecular formula is C74H55NS. The summed E-state index contributed by atoms with van der Waals surface area (Å²) in [6.07, 6.45) is 0. The summed E-state index contributed by atoms with van der Waals surface area (Å²) in [4.78, 5) is 2.68. The molecule has 2 heteroatoms. The fourth-order valence-corrected chi connectivity index (χ4v) is 15.9. The van der Waals surface area contributed by atoms with Crippen LogP contribution in [0.1, 0.15) is 97.2 Å². The molecule has 11 aromatic carbocycles. The minimum Gasteiger partial charge on any atom is -0.308 e. The summed E-state index contributed by atoms with van der Waals surface area (Å²) in [5.41, 5.74) is 26.4. The molecule has 1 aromatic heterocycles. The van der Waals surface area contributed by atoms with Gasteiger partial charge in [-0.2, -0.15) is 0 Å². The van der Waals surface area contributed by atoms with Gasteiger partial charge in [0.2, 0.25) is 0 Å². The maximum atomic E-state index is 2.68. The first-order valence-electron chi connectivity index (χ1n) is 27.1. The number of nitrogens with zero attached hydrogens (tertiary/aromatic N) is 1. The van der Waals surface area contributed by atoms with Crippen molar-refractivity contribution >= 4 is 59.3 Å². The number of anilines is 3. The fraction of sp³-hybridized carbons (Fsp3) is 0.135. The van der Waals surface area contributed by atoms with Crippen LogP contribution in [0.2, 0.25) is 0 Å². The Labute approximate surface area is 449 Å². The Bertz CT molecular complexity index is 4380. The molecule has 0 N–H and O–H groups in total. The van der Waals surface area contributed by atoms with E-state index in [0.29, 0.717) is 0 Å². The predicted molar refractivity (Wildman–Crippen MR) is 322 cm³/mol. The molecule has 0 fully saturated rings. The van der Waals surface area contributed by atoms with Crippen molar-refractivity contribution in [3.8, 4) is 44.5 Å². The van der Waals surface area contributed by atoms with Crippen LogP contribution in [0.3, 0.4) is 0 Å². The summed E-state index contributed by atoms with van der Waals surface area (Å²) in [6.45, 7) is 14.1. The third-order valence-electron chi connectivity index (χ3n) is 18.0. The number of hydrogen-bond acceptors (Lipinski definition) is 2. The lowest BCUT2D eigenvalue weighted by atomic mass is 9.69. The number of benzene rings is 11. The van der Waals surface area contributed by atoms with Gasteiger partial charge in [-0.1, -0.05) is 236 Å². The Morgan fingerprint density at radius 2 is 0.789 bits per heavy atom. The first-order chi connectivity index (χ1) is 37.0. The van der Waals surface area contributed by atoms with E-state index < -0.39 is 10.8 Å². The summed E-state index contributed by atoms with van der Waals surface area (Å²) in [5.74, 6) is 0. The molecule has 0 bridgehead atoms. The minimum absolute atomic E-state index is 0.0438. The van der Waals surface area contributed by atoms with Crippen molar-refractivity contribution in [3.63, 3.8) is 0 Å². The molecule has 16 rings (SSSR count). The van der Waals surface area contributed by atoms with Gasteiger partial charge in [0.05, 0.1) is 26.9 Å². The van der Waals surface area contributed by atoms with E-state index in [1.165, 1.54) is 142 Å². The second-order valence-electron chi connectivity index (χ2n) is 23.9. The lowest BCUT2D eigenvalue weighted by molar-refractivity contribution is 0.586. The van der Waals surface area contributed by atoms with Gasteiger partial charge < -0.3 is 4.90 Å². The zero-order chi connectivity index (χ0) is 51.0. The van der Waals surface area contributed by atoms with Crippen LogP contribution in [0.5, 0.6) is 0 Å². The monoisotopic (exact) mass is 989 g/mol. The molecule has 1 heterocycles. The molecule has 0 amide bonds. The van der Waals surface area contributed by atoms with Gasteiger partial charge in [-0.05, 0) is 147 Å². The number of rotatable bonds is 3. The lowest BCUT2D eigenvalue weighted by Gasteiger charge is -2.34. The van der Waals surface area contributed by atoms with Gasteiger partial charge in [-0.15, -0.1) is 11.3 Å². The SMILES string of the molecule is CC(C)(C)c1ccc2c(c1)C1(c3cc(C(C)(C)C)ccc3-2)c2ccccc2-c2c(N(c3ccc4c(c3)C3(c5ccccc5-c5ccccc53)c3ccccc3-4)c3cc4ccccc4c4c3sc3ccccc34)cccc21. The molecular weight excluding hydrogens is 935 g/mol. The molecule has 4 aliphatic rings. The molecule has 4 aliphatic carbocycles. The lowest BCUT2D eigenvalue weighted by Crippen LogP contribution is -2.27. The first-order valence-corrected chi connectivity index (χ1v) is 27.9.